The van der Waals surface area contributed by atoms with Crippen LogP contribution in [0, 0.1) is 5.92 Å². The van der Waals surface area contributed by atoms with E-state index in [1.807, 2.05) is 44.2 Å². The Bertz CT molecular complexity index is 637. The molecule has 0 saturated heterocycles. The van der Waals surface area contributed by atoms with Crippen LogP contribution in [0.15, 0.2) is 36.5 Å². The van der Waals surface area contributed by atoms with Crippen LogP contribution in [-0.4, -0.2) is 22.8 Å². The molecule has 21 heavy (non-hydrogen) atoms. The number of benzene rings is 1. The van der Waals surface area contributed by atoms with E-state index in [-0.39, 0.29) is 11.8 Å². The molecule has 2 aromatic rings. The molecule has 0 aliphatic carbocycles. The molecule has 5 nitrogen and oxygen atoms in total. The second-order valence-electron chi connectivity index (χ2n) is 4.99. The predicted octanol–water partition coefficient (Wildman–Crippen LogP) is 2.05. The fourth-order valence-electron chi connectivity index (χ4n) is 1.87. The van der Waals surface area contributed by atoms with Crippen LogP contribution in [0.2, 0.25) is 0 Å². The van der Waals surface area contributed by atoms with Crippen molar-refractivity contribution in [3.63, 3.8) is 0 Å². The fourth-order valence-corrected chi connectivity index (χ4v) is 2.70. The molecule has 1 unspecified atom stereocenters. The zero-order chi connectivity index (χ0) is 15.4. The van der Waals surface area contributed by atoms with Crippen LogP contribution in [-0.2, 0) is 4.79 Å². The second-order valence-corrected chi connectivity index (χ2v) is 6.02. The van der Waals surface area contributed by atoms with Crippen molar-refractivity contribution >= 4 is 23.2 Å². The molecule has 0 radical (unpaired) electrons. The number of thiazole rings is 1. The maximum atomic E-state index is 12.2. The minimum absolute atomic E-state index is 0.0621. The third kappa shape index (κ3) is 3.66. The van der Waals surface area contributed by atoms with Gasteiger partial charge in [0.1, 0.15) is 15.9 Å². The minimum Gasteiger partial charge on any atom is -0.368 e. The highest BCUT2D eigenvalue weighted by atomic mass is 32.1. The van der Waals surface area contributed by atoms with Crippen molar-refractivity contribution in [1.82, 2.24) is 10.3 Å². The molecule has 0 saturated carbocycles. The highest BCUT2D eigenvalue weighted by Crippen LogP contribution is 2.24. The van der Waals surface area contributed by atoms with E-state index in [1.165, 1.54) is 17.5 Å². The third-order valence-corrected chi connectivity index (χ3v) is 4.06. The van der Waals surface area contributed by atoms with Gasteiger partial charge in [-0.05, 0) is 5.92 Å². The van der Waals surface area contributed by atoms with Crippen molar-refractivity contribution in [2.45, 2.75) is 19.9 Å². The van der Waals surface area contributed by atoms with E-state index < -0.39 is 11.9 Å². The Balaban J connectivity index is 2.14. The molecule has 1 atom stereocenters. The smallest absolute Gasteiger partial charge is 0.263 e. The van der Waals surface area contributed by atoms with E-state index >= 15 is 0 Å². The third-order valence-electron chi connectivity index (χ3n) is 3.01. The van der Waals surface area contributed by atoms with Crippen molar-refractivity contribution in [3.8, 4) is 10.6 Å². The lowest BCUT2D eigenvalue weighted by Crippen LogP contribution is -2.47. The monoisotopic (exact) mass is 303 g/mol. The Kier molecular flexibility index (Phi) is 4.70. The minimum atomic E-state index is -0.681. The highest BCUT2D eigenvalue weighted by Gasteiger charge is 2.23. The summed E-state index contributed by atoms with van der Waals surface area (Å²) in [6.45, 7) is 3.66. The number of hydrogen-bond acceptors (Lipinski definition) is 4. The normalized spacial score (nSPS) is 12.1. The van der Waals surface area contributed by atoms with Crippen molar-refractivity contribution in [2.24, 2.45) is 11.7 Å². The van der Waals surface area contributed by atoms with Gasteiger partial charge in [-0.2, -0.15) is 0 Å². The number of aromatic nitrogens is 1. The highest BCUT2D eigenvalue weighted by molar-refractivity contribution is 7.16. The lowest BCUT2D eigenvalue weighted by Gasteiger charge is -2.18. The molecule has 0 aliphatic rings. The number of hydrogen-bond donors (Lipinski definition) is 2. The average molecular weight is 303 g/mol. The maximum Gasteiger partial charge on any atom is 0.263 e. The number of primary amides is 1. The average Bonchev–Trinajstić information content (AvgIpc) is 2.94. The molecule has 0 aliphatic heterocycles. The van der Waals surface area contributed by atoms with E-state index in [0.717, 1.165) is 10.6 Å². The molecule has 6 heteroatoms. The molecule has 0 spiro atoms. The molecular weight excluding hydrogens is 286 g/mol. The summed E-state index contributed by atoms with van der Waals surface area (Å²) < 4.78 is 0. The summed E-state index contributed by atoms with van der Waals surface area (Å²) in [7, 11) is 0. The summed E-state index contributed by atoms with van der Waals surface area (Å²) in [6, 6.07) is 8.93. The Morgan fingerprint density at radius 2 is 1.90 bits per heavy atom. The Hall–Kier alpha value is -2.21. The molecule has 2 rings (SSSR count). The van der Waals surface area contributed by atoms with Gasteiger partial charge in [0.05, 0.1) is 6.20 Å². The van der Waals surface area contributed by atoms with Gasteiger partial charge < -0.3 is 11.1 Å². The standard InChI is InChI=1S/C15H17N3O2S/c1-9(2)12(13(16)19)18-14(20)11-8-17-15(21-11)10-6-4-3-5-7-10/h3-9,12H,1-2H3,(H2,16,19)(H,18,20). The van der Waals surface area contributed by atoms with Crippen LogP contribution < -0.4 is 11.1 Å². The van der Waals surface area contributed by atoms with Crippen LogP contribution in [0.3, 0.4) is 0 Å². The van der Waals surface area contributed by atoms with Crippen molar-refractivity contribution in [3.05, 3.63) is 41.4 Å². The van der Waals surface area contributed by atoms with Gasteiger partial charge in [-0.3, -0.25) is 9.59 Å². The van der Waals surface area contributed by atoms with E-state index in [2.05, 4.69) is 10.3 Å². The number of nitrogens with zero attached hydrogens (tertiary/aromatic N) is 1. The van der Waals surface area contributed by atoms with Crippen LogP contribution in [0.1, 0.15) is 23.5 Å². The maximum absolute atomic E-state index is 12.2. The summed E-state index contributed by atoms with van der Waals surface area (Å²) in [5, 5.41) is 3.42. The van der Waals surface area contributed by atoms with Gasteiger partial charge in [0.15, 0.2) is 0 Å². The molecule has 3 N–H and O–H groups in total. The number of rotatable bonds is 5. The summed E-state index contributed by atoms with van der Waals surface area (Å²) in [5.41, 5.74) is 6.25. The number of amides is 2. The van der Waals surface area contributed by atoms with E-state index in [9.17, 15) is 9.59 Å². The molecule has 1 aromatic heterocycles. The Labute approximate surface area is 127 Å². The van der Waals surface area contributed by atoms with Crippen molar-refractivity contribution < 1.29 is 9.59 Å². The first-order valence-electron chi connectivity index (χ1n) is 6.60. The van der Waals surface area contributed by atoms with Gasteiger partial charge in [0, 0.05) is 5.56 Å². The first-order valence-corrected chi connectivity index (χ1v) is 7.42. The van der Waals surface area contributed by atoms with Gasteiger partial charge >= 0.3 is 0 Å². The van der Waals surface area contributed by atoms with Gasteiger partial charge in [-0.1, -0.05) is 44.2 Å². The van der Waals surface area contributed by atoms with E-state index in [1.54, 1.807) is 0 Å². The summed E-state index contributed by atoms with van der Waals surface area (Å²) in [6.07, 6.45) is 1.51. The van der Waals surface area contributed by atoms with Crippen LogP contribution in [0.4, 0.5) is 0 Å². The van der Waals surface area contributed by atoms with Crippen LogP contribution >= 0.6 is 11.3 Å². The van der Waals surface area contributed by atoms with Gasteiger partial charge in [0.2, 0.25) is 5.91 Å². The molecule has 0 fully saturated rings. The Morgan fingerprint density at radius 1 is 1.24 bits per heavy atom. The lowest BCUT2D eigenvalue weighted by molar-refractivity contribution is -0.120. The zero-order valence-electron chi connectivity index (χ0n) is 11.9. The summed E-state index contributed by atoms with van der Waals surface area (Å²) >= 11 is 1.28. The molecular formula is C15H17N3O2S. The largest absolute Gasteiger partial charge is 0.368 e. The molecule has 2 amide bonds. The van der Waals surface area contributed by atoms with Crippen molar-refractivity contribution in [2.75, 3.05) is 0 Å². The number of nitrogens with one attached hydrogen (secondary N) is 1. The number of carbonyl (C=O) groups is 2. The van der Waals surface area contributed by atoms with E-state index in [4.69, 9.17) is 5.73 Å². The lowest BCUT2D eigenvalue weighted by atomic mass is 10.0. The zero-order valence-corrected chi connectivity index (χ0v) is 12.7. The molecule has 110 valence electrons. The van der Waals surface area contributed by atoms with Gasteiger partial charge in [0.25, 0.3) is 5.91 Å². The molecule has 0 bridgehead atoms. The summed E-state index contributed by atoms with van der Waals surface area (Å²) in [4.78, 5) is 28.2. The topological polar surface area (TPSA) is 85.1 Å². The van der Waals surface area contributed by atoms with Crippen LogP contribution in [0.5, 0.6) is 0 Å². The number of nitrogens with two attached hydrogens (primary N) is 1. The first kappa shape index (κ1) is 15.2. The summed E-state index contributed by atoms with van der Waals surface area (Å²) in [5.74, 6) is -0.925. The quantitative estimate of drug-likeness (QED) is 0.886. The fraction of sp³-hybridized carbons (Fsp3) is 0.267. The predicted molar refractivity (Wildman–Crippen MR) is 82.8 cm³/mol. The van der Waals surface area contributed by atoms with Crippen LogP contribution in [0.25, 0.3) is 10.6 Å². The molecule has 1 heterocycles. The molecule has 1 aromatic carbocycles. The van der Waals surface area contributed by atoms with Gasteiger partial charge in [-0.25, -0.2) is 4.98 Å². The Morgan fingerprint density at radius 3 is 2.48 bits per heavy atom. The van der Waals surface area contributed by atoms with E-state index in [0.29, 0.717) is 4.88 Å². The number of carbonyl (C=O) groups excluding carboxylic acids is 2. The first-order chi connectivity index (χ1) is 9.99. The SMILES string of the molecule is CC(C)C(NC(=O)c1cnc(-c2ccccc2)s1)C(N)=O. The van der Waals surface area contributed by atoms with Crippen molar-refractivity contribution in [1.29, 1.82) is 0 Å². The second kappa shape index (κ2) is 6.49. The van der Waals surface area contributed by atoms with Gasteiger partial charge in [-0.15, -0.1) is 11.3 Å².